The number of hydrogen-bond acceptors (Lipinski definition) is 2. The second-order valence-corrected chi connectivity index (χ2v) is 5.91. The lowest BCUT2D eigenvalue weighted by atomic mass is 9.85. The number of hydrogen-bond donors (Lipinski definition) is 1. The molecule has 0 aromatic rings. The van der Waals surface area contributed by atoms with Crippen molar-refractivity contribution >= 4 is 5.91 Å². The van der Waals surface area contributed by atoms with E-state index in [0.29, 0.717) is 17.8 Å². The van der Waals surface area contributed by atoms with Gasteiger partial charge in [0.05, 0.1) is 6.10 Å². The van der Waals surface area contributed by atoms with Crippen LogP contribution < -0.4 is 5.32 Å². The lowest BCUT2D eigenvalue weighted by molar-refractivity contribution is -0.132. The lowest BCUT2D eigenvalue weighted by Gasteiger charge is -2.25. The van der Waals surface area contributed by atoms with Gasteiger partial charge in [0.15, 0.2) is 0 Å². The Kier molecular flexibility index (Phi) is 5.44. The molecule has 100 valence electrons. The molecule has 3 heteroatoms. The van der Waals surface area contributed by atoms with Gasteiger partial charge in [-0.05, 0) is 37.5 Å². The van der Waals surface area contributed by atoms with Gasteiger partial charge in [0, 0.05) is 6.54 Å². The monoisotopic (exact) mass is 241 g/mol. The van der Waals surface area contributed by atoms with Gasteiger partial charge in [-0.25, -0.2) is 0 Å². The van der Waals surface area contributed by atoms with Crippen LogP contribution >= 0.6 is 0 Å². The van der Waals surface area contributed by atoms with Crippen LogP contribution in [0.15, 0.2) is 0 Å². The minimum atomic E-state index is -0.218. The first-order valence-electron chi connectivity index (χ1n) is 6.85. The number of carbonyl (C=O) groups is 1. The number of ether oxygens (including phenoxy) is 1. The molecule has 0 aromatic carbocycles. The third-order valence-corrected chi connectivity index (χ3v) is 3.75. The van der Waals surface area contributed by atoms with Gasteiger partial charge in [0.25, 0.3) is 0 Å². The van der Waals surface area contributed by atoms with Crippen molar-refractivity contribution < 1.29 is 9.53 Å². The topological polar surface area (TPSA) is 38.3 Å². The summed E-state index contributed by atoms with van der Waals surface area (Å²) >= 11 is 0. The average molecular weight is 241 g/mol. The van der Waals surface area contributed by atoms with Crippen LogP contribution in [-0.2, 0) is 9.53 Å². The SMILES string of the molecule is CC1CCC(C(=O)NCC(C(C)C)C(C)C)O1. The van der Waals surface area contributed by atoms with Gasteiger partial charge >= 0.3 is 0 Å². The molecule has 2 unspecified atom stereocenters. The molecular formula is C14H27NO2. The zero-order valence-corrected chi connectivity index (χ0v) is 11.8. The van der Waals surface area contributed by atoms with Crippen LogP contribution in [0.1, 0.15) is 47.5 Å². The summed E-state index contributed by atoms with van der Waals surface area (Å²) in [6.45, 7) is 11.6. The van der Waals surface area contributed by atoms with E-state index in [-0.39, 0.29) is 18.1 Å². The molecule has 2 atom stereocenters. The van der Waals surface area contributed by atoms with E-state index in [9.17, 15) is 4.79 Å². The van der Waals surface area contributed by atoms with Crippen molar-refractivity contribution in [2.24, 2.45) is 17.8 Å². The molecule has 1 amide bonds. The molecule has 0 radical (unpaired) electrons. The Morgan fingerprint density at radius 3 is 2.24 bits per heavy atom. The second-order valence-electron chi connectivity index (χ2n) is 5.91. The average Bonchev–Trinajstić information content (AvgIpc) is 2.63. The molecule has 0 spiro atoms. The molecule has 1 aliphatic rings. The highest BCUT2D eigenvalue weighted by molar-refractivity contribution is 5.81. The summed E-state index contributed by atoms with van der Waals surface area (Å²) in [6, 6.07) is 0. The molecule has 1 aliphatic heterocycles. The fourth-order valence-corrected chi connectivity index (χ4v) is 2.57. The van der Waals surface area contributed by atoms with Crippen molar-refractivity contribution in [2.45, 2.75) is 59.7 Å². The Labute approximate surface area is 105 Å². The minimum absolute atomic E-state index is 0.0700. The molecule has 0 aromatic heterocycles. The Morgan fingerprint density at radius 2 is 1.82 bits per heavy atom. The van der Waals surface area contributed by atoms with E-state index >= 15 is 0 Å². The van der Waals surface area contributed by atoms with Gasteiger partial charge in [-0.1, -0.05) is 27.7 Å². The highest BCUT2D eigenvalue weighted by atomic mass is 16.5. The van der Waals surface area contributed by atoms with Crippen LogP contribution in [0.3, 0.4) is 0 Å². The van der Waals surface area contributed by atoms with Crippen LogP contribution in [0.4, 0.5) is 0 Å². The van der Waals surface area contributed by atoms with Crippen molar-refractivity contribution in [2.75, 3.05) is 6.54 Å². The van der Waals surface area contributed by atoms with Crippen LogP contribution in [0.5, 0.6) is 0 Å². The van der Waals surface area contributed by atoms with Crippen molar-refractivity contribution in [3.05, 3.63) is 0 Å². The normalized spacial score (nSPS) is 24.9. The number of nitrogens with one attached hydrogen (secondary N) is 1. The third kappa shape index (κ3) is 4.30. The molecule has 1 saturated heterocycles. The fraction of sp³-hybridized carbons (Fsp3) is 0.929. The van der Waals surface area contributed by atoms with Crippen molar-refractivity contribution in [1.29, 1.82) is 0 Å². The first-order valence-corrected chi connectivity index (χ1v) is 6.85. The van der Waals surface area contributed by atoms with Gasteiger partial charge in [-0.15, -0.1) is 0 Å². The molecule has 1 heterocycles. The minimum Gasteiger partial charge on any atom is -0.365 e. The maximum absolute atomic E-state index is 11.9. The summed E-state index contributed by atoms with van der Waals surface area (Å²) < 4.78 is 5.56. The first-order chi connectivity index (χ1) is 7.91. The van der Waals surface area contributed by atoms with Gasteiger partial charge in [-0.2, -0.15) is 0 Å². The molecule has 0 aliphatic carbocycles. The third-order valence-electron chi connectivity index (χ3n) is 3.75. The highest BCUT2D eigenvalue weighted by Crippen LogP contribution is 2.21. The van der Waals surface area contributed by atoms with Crippen LogP contribution in [0.25, 0.3) is 0 Å². The number of rotatable bonds is 5. The van der Waals surface area contributed by atoms with E-state index in [1.807, 2.05) is 6.92 Å². The lowest BCUT2D eigenvalue weighted by Crippen LogP contribution is -2.39. The smallest absolute Gasteiger partial charge is 0.249 e. The molecular weight excluding hydrogens is 214 g/mol. The number of carbonyl (C=O) groups excluding carboxylic acids is 1. The van der Waals surface area contributed by atoms with Crippen molar-refractivity contribution in [3.8, 4) is 0 Å². The maximum atomic E-state index is 11.9. The Hall–Kier alpha value is -0.570. The van der Waals surface area contributed by atoms with Crippen LogP contribution in [0.2, 0.25) is 0 Å². The standard InChI is InChI=1S/C14H27NO2/c1-9(2)12(10(3)4)8-15-14(16)13-7-6-11(5)17-13/h9-13H,6-8H2,1-5H3,(H,15,16). The first kappa shape index (κ1) is 14.5. The summed E-state index contributed by atoms with van der Waals surface area (Å²) in [5.74, 6) is 1.80. The van der Waals surface area contributed by atoms with Crippen molar-refractivity contribution in [3.63, 3.8) is 0 Å². The van der Waals surface area contributed by atoms with Crippen LogP contribution in [-0.4, -0.2) is 24.7 Å². The quantitative estimate of drug-likeness (QED) is 0.803. The molecule has 1 fully saturated rings. The molecule has 3 nitrogen and oxygen atoms in total. The second kappa shape index (κ2) is 6.39. The zero-order valence-electron chi connectivity index (χ0n) is 11.8. The summed E-state index contributed by atoms with van der Waals surface area (Å²) in [5, 5.41) is 3.04. The number of amides is 1. The van der Waals surface area contributed by atoms with Gasteiger partial charge in [-0.3, -0.25) is 4.79 Å². The van der Waals surface area contributed by atoms with E-state index in [1.54, 1.807) is 0 Å². The van der Waals surface area contributed by atoms with Crippen molar-refractivity contribution in [1.82, 2.24) is 5.32 Å². The Balaban J connectivity index is 2.36. The molecule has 1 rings (SSSR count). The zero-order chi connectivity index (χ0) is 13.0. The Morgan fingerprint density at radius 1 is 1.24 bits per heavy atom. The summed E-state index contributed by atoms with van der Waals surface area (Å²) in [7, 11) is 0. The van der Waals surface area contributed by atoms with Crippen LogP contribution in [0, 0.1) is 17.8 Å². The van der Waals surface area contributed by atoms with E-state index in [2.05, 4.69) is 33.0 Å². The van der Waals surface area contributed by atoms with E-state index in [4.69, 9.17) is 4.74 Å². The van der Waals surface area contributed by atoms with E-state index in [1.165, 1.54) is 0 Å². The molecule has 1 N–H and O–H groups in total. The summed E-state index contributed by atoms with van der Waals surface area (Å²) in [6.07, 6.45) is 1.87. The van der Waals surface area contributed by atoms with E-state index in [0.717, 1.165) is 19.4 Å². The predicted molar refractivity (Wildman–Crippen MR) is 69.7 cm³/mol. The highest BCUT2D eigenvalue weighted by Gasteiger charge is 2.28. The molecule has 17 heavy (non-hydrogen) atoms. The van der Waals surface area contributed by atoms with Gasteiger partial charge in [0.2, 0.25) is 5.91 Å². The molecule has 0 bridgehead atoms. The van der Waals surface area contributed by atoms with Gasteiger partial charge < -0.3 is 10.1 Å². The fourth-order valence-electron chi connectivity index (χ4n) is 2.57. The van der Waals surface area contributed by atoms with E-state index < -0.39 is 0 Å². The van der Waals surface area contributed by atoms with Gasteiger partial charge in [0.1, 0.15) is 6.10 Å². The molecule has 0 saturated carbocycles. The predicted octanol–water partition coefficient (Wildman–Crippen LogP) is 2.60. The maximum Gasteiger partial charge on any atom is 0.249 e. The summed E-state index contributed by atoms with van der Waals surface area (Å²) in [4.78, 5) is 11.9. The Bertz CT molecular complexity index is 243. The summed E-state index contributed by atoms with van der Waals surface area (Å²) in [5.41, 5.74) is 0. The largest absolute Gasteiger partial charge is 0.365 e.